The minimum absolute atomic E-state index is 0.308. The fraction of sp³-hybridized carbons (Fsp3) is 0.333. The van der Waals surface area contributed by atoms with Crippen LogP contribution in [0.3, 0.4) is 0 Å². The van der Waals surface area contributed by atoms with Crippen molar-refractivity contribution in [2.75, 3.05) is 7.11 Å². The second kappa shape index (κ2) is 4.26. The van der Waals surface area contributed by atoms with Gasteiger partial charge in [0.05, 0.1) is 18.4 Å². The van der Waals surface area contributed by atoms with Crippen molar-refractivity contribution in [3.05, 3.63) is 35.7 Å². The molecule has 0 saturated carbocycles. The van der Waals surface area contributed by atoms with Crippen molar-refractivity contribution in [3.63, 3.8) is 0 Å². The van der Waals surface area contributed by atoms with E-state index in [9.17, 15) is 4.79 Å². The number of methoxy groups -OCH3 is 1. The minimum Gasteiger partial charge on any atom is -0.465 e. The van der Waals surface area contributed by atoms with E-state index in [0.717, 1.165) is 18.5 Å². The van der Waals surface area contributed by atoms with Crippen LogP contribution in [-0.2, 0) is 4.74 Å². The Morgan fingerprint density at radius 2 is 2.40 bits per heavy atom. The molecule has 0 unspecified atom stereocenters. The number of carbonyl (C=O) groups is 1. The number of allylic oxidation sites excluding steroid dienone is 2. The monoisotopic (exact) mass is 203 g/mol. The summed E-state index contributed by atoms with van der Waals surface area (Å²) in [6.07, 6.45) is 7.18. The highest BCUT2D eigenvalue weighted by molar-refractivity contribution is 5.90. The number of nitrogens with zero attached hydrogens (tertiary/aromatic N) is 1. The summed E-state index contributed by atoms with van der Waals surface area (Å²) < 4.78 is 4.67. The van der Waals surface area contributed by atoms with Crippen LogP contribution < -0.4 is 0 Å². The van der Waals surface area contributed by atoms with E-state index in [1.165, 1.54) is 19.1 Å². The highest BCUT2D eigenvalue weighted by atomic mass is 16.5. The van der Waals surface area contributed by atoms with Gasteiger partial charge in [0.15, 0.2) is 0 Å². The maximum absolute atomic E-state index is 11.3. The number of carbonyl (C=O) groups excluding carboxylic acids is 1. The molecule has 3 nitrogen and oxygen atoms in total. The summed E-state index contributed by atoms with van der Waals surface area (Å²) in [7, 11) is 1.39. The second-order valence-electron chi connectivity index (χ2n) is 3.54. The number of aromatic nitrogens is 1. The number of hydrogen-bond donors (Lipinski definition) is 0. The van der Waals surface area contributed by atoms with Gasteiger partial charge in [0.2, 0.25) is 0 Å². The van der Waals surface area contributed by atoms with Gasteiger partial charge in [-0.3, -0.25) is 4.98 Å². The van der Waals surface area contributed by atoms with Gasteiger partial charge in [0, 0.05) is 6.20 Å². The van der Waals surface area contributed by atoms with Crippen LogP contribution in [0.15, 0.2) is 24.4 Å². The van der Waals surface area contributed by atoms with E-state index >= 15 is 0 Å². The quantitative estimate of drug-likeness (QED) is 0.693. The van der Waals surface area contributed by atoms with Gasteiger partial charge in [-0.25, -0.2) is 4.79 Å². The smallest absolute Gasteiger partial charge is 0.337 e. The number of esters is 1. The first kappa shape index (κ1) is 9.90. The molecular weight excluding hydrogens is 190 g/mol. The molecule has 0 aliphatic heterocycles. The van der Waals surface area contributed by atoms with Gasteiger partial charge in [-0.15, -0.1) is 0 Å². The van der Waals surface area contributed by atoms with Crippen molar-refractivity contribution in [1.29, 1.82) is 0 Å². The molecule has 15 heavy (non-hydrogen) atoms. The Hall–Kier alpha value is -1.64. The maximum atomic E-state index is 11.3. The molecule has 1 aliphatic rings. The van der Waals surface area contributed by atoms with Crippen molar-refractivity contribution in [2.45, 2.75) is 19.3 Å². The van der Waals surface area contributed by atoms with Crippen LogP contribution in [0.5, 0.6) is 0 Å². The first-order valence-corrected chi connectivity index (χ1v) is 5.05. The molecule has 1 aromatic heterocycles. The van der Waals surface area contributed by atoms with Crippen molar-refractivity contribution in [1.82, 2.24) is 4.98 Å². The van der Waals surface area contributed by atoms with Crippen LogP contribution >= 0.6 is 0 Å². The SMILES string of the molecule is COC(=O)c1ccnc(C2=CCCC2)c1. The largest absolute Gasteiger partial charge is 0.465 e. The molecule has 1 aromatic rings. The van der Waals surface area contributed by atoms with Crippen LogP contribution in [0.25, 0.3) is 5.57 Å². The summed E-state index contributed by atoms with van der Waals surface area (Å²) in [4.78, 5) is 15.6. The lowest BCUT2D eigenvalue weighted by atomic mass is 10.1. The number of pyridine rings is 1. The molecule has 0 radical (unpaired) electrons. The lowest BCUT2D eigenvalue weighted by molar-refractivity contribution is 0.0600. The van der Waals surface area contributed by atoms with E-state index < -0.39 is 0 Å². The molecule has 0 fully saturated rings. The molecule has 3 heteroatoms. The van der Waals surface area contributed by atoms with Crippen LogP contribution in [-0.4, -0.2) is 18.1 Å². The molecule has 0 amide bonds. The van der Waals surface area contributed by atoms with Crippen molar-refractivity contribution in [2.24, 2.45) is 0 Å². The summed E-state index contributed by atoms with van der Waals surface area (Å²) in [5.41, 5.74) is 2.70. The molecule has 1 aliphatic carbocycles. The van der Waals surface area contributed by atoms with E-state index in [0.29, 0.717) is 5.56 Å². The van der Waals surface area contributed by atoms with Crippen LogP contribution in [0.4, 0.5) is 0 Å². The summed E-state index contributed by atoms with van der Waals surface area (Å²) >= 11 is 0. The normalized spacial score (nSPS) is 14.9. The van der Waals surface area contributed by atoms with E-state index in [2.05, 4.69) is 15.8 Å². The van der Waals surface area contributed by atoms with Gasteiger partial charge in [-0.2, -0.15) is 0 Å². The molecule has 0 atom stereocenters. The average molecular weight is 203 g/mol. The predicted molar refractivity (Wildman–Crippen MR) is 57.4 cm³/mol. The topological polar surface area (TPSA) is 39.2 Å². The first-order chi connectivity index (χ1) is 7.31. The Kier molecular flexibility index (Phi) is 2.81. The second-order valence-corrected chi connectivity index (χ2v) is 3.54. The fourth-order valence-electron chi connectivity index (χ4n) is 1.75. The average Bonchev–Trinajstić information content (AvgIpc) is 2.82. The lowest BCUT2D eigenvalue weighted by Crippen LogP contribution is -2.02. The van der Waals surface area contributed by atoms with Gasteiger partial charge < -0.3 is 4.74 Å². The molecule has 2 rings (SSSR count). The molecule has 0 saturated heterocycles. The molecule has 78 valence electrons. The van der Waals surface area contributed by atoms with E-state index in [1.54, 1.807) is 18.3 Å². The zero-order valence-corrected chi connectivity index (χ0v) is 8.69. The van der Waals surface area contributed by atoms with Gasteiger partial charge in [-0.05, 0) is 37.0 Å². The summed E-state index contributed by atoms with van der Waals surface area (Å²) in [6, 6.07) is 3.47. The minimum atomic E-state index is -0.308. The molecule has 0 N–H and O–H groups in total. The summed E-state index contributed by atoms with van der Waals surface area (Å²) in [5.74, 6) is -0.308. The van der Waals surface area contributed by atoms with Gasteiger partial charge >= 0.3 is 5.97 Å². The third-order valence-electron chi connectivity index (χ3n) is 2.55. The Bertz CT molecular complexity index is 410. The number of ether oxygens (including phenoxy) is 1. The third kappa shape index (κ3) is 2.06. The van der Waals surface area contributed by atoms with Crippen LogP contribution in [0.1, 0.15) is 35.3 Å². The summed E-state index contributed by atoms with van der Waals surface area (Å²) in [6.45, 7) is 0. The van der Waals surface area contributed by atoms with Gasteiger partial charge in [-0.1, -0.05) is 6.08 Å². The molecule has 0 spiro atoms. The van der Waals surface area contributed by atoms with E-state index in [4.69, 9.17) is 0 Å². The Morgan fingerprint density at radius 3 is 3.07 bits per heavy atom. The van der Waals surface area contributed by atoms with Crippen molar-refractivity contribution < 1.29 is 9.53 Å². The fourth-order valence-corrected chi connectivity index (χ4v) is 1.75. The van der Waals surface area contributed by atoms with Crippen LogP contribution in [0.2, 0.25) is 0 Å². The van der Waals surface area contributed by atoms with E-state index in [-0.39, 0.29) is 5.97 Å². The lowest BCUT2D eigenvalue weighted by Gasteiger charge is -2.03. The highest BCUT2D eigenvalue weighted by Gasteiger charge is 2.11. The van der Waals surface area contributed by atoms with E-state index in [1.807, 2.05) is 0 Å². The van der Waals surface area contributed by atoms with Gasteiger partial charge in [0.1, 0.15) is 0 Å². The Morgan fingerprint density at radius 1 is 1.53 bits per heavy atom. The van der Waals surface area contributed by atoms with Crippen molar-refractivity contribution >= 4 is 11.5 Å². The molecule has 0 bridgehead atoms. The molecular formula is C12H13NO2. The van der Waals surface area contributed by atoms with Gasteiger partial charge in [0.25, 0.3) is 0 Å². The van der Waals surface area contributed by atoms with Crippen LogP contribution in [0, 0.1) is 0 Å². The maximum Gasteiger partial charge on any atom is 0.337 e. The Balaban J connectivity index is 2.30. The van der Waals surface area contributed by atoms with Crippen molar-refractivity contribution in [3.8, 4) is 0 Å². The standard InChI is InChI=1S/C12H13NO2/c1-15-12(14)10-6-7-13-11(8-10)9-4-2-3-5-9/h4,6-8H,2-3,5H2,1H3. The Labute approximate surface area is 88.8 Å². The molecule has 0 aromatic carbocycles. The third-order valence-corrected chi connectivity index (χ3v) is 2.55. The zero-order chi connectivity index (χ0) is 10.7. The molecule has 1 heterocycles. The first-order valence-electron chi connectivity index (χ1n) is 5.05. The predicted octanol–water partition coefficient (Wildman–Crippen LogP) is 2.44. The zero-order valence-electron chi connectivity index (χ0n) is 8.69. The number of hydrogen-bond acceptors (Lipinski definition) is 3. The number of rotatable bonds is 2. The summed E-state index contributed by atoms with van der Waals surface area (Å²) in [5, 5.41) is 0. The highest BCUT2D eigenvalue weighted by Crippen LogP contribution is 2.26.